The topological polar surface area (TPSA) is 17.1 Å². The lowest BCUT2D eigenvalue weighted by Crippen LogP contribution is -2.34. The van der Waals surface area contributed by atoms with Crippen LogP contribution in [-0.2, 0) is 10.2 Å². The predicted molar refractivity (Wildman–Crippen MR) is 43.7 cm³/mol. The molecule has 1 heteroatoms. The number of aldehydes is 1. The van der Waals surface area contributed by atoms with Gasteiger partial charge in [0.1, 0.15) is 6.29 Å². The minimum absolute atomic E-state index is 0.279. The largest absolute Gasteiger partial charge is 0.302 e. The maximum absolute atomic E-state index is 10.8. The van der Waals surface area contributed by atoms with Gasteiger partial charge in [-0.25, -0.2) is 0 Å². The number of fused-ring (bicyclic) bond motifs is 2. The summed E-state index contributed by atoms with van der Waals surface area (Å²) in [6.07, 6.45) is 1.03. The van der Waals surface area contributed by atoms with E-state index >= 15 is 0 Å². The minimum atomic E-state index is -0.279. The molecule has 0 aromatic heterocycles. The summed E-state index contributed by atoms with van der Waals surface area (Å²) in [7, 11) is 0. The van der Waals surface area contributed by atoms with Gasteiger partial charge >= 0.3 is 0 Å². The van der Waals surface area contributed by atoms with Crippen LogP contribution in [-0.4, -0.2) is 6.29 Å². The SMILES string of the molecule is Cc1ccc2cc1C2(C)C=O. The minimum Gasteiger partial charge on any atom is -0.302 e. The van der Waals surface area contributed by atoms with Gasteiger partial charge in [0.05, 0.1) is 5.41 Å². The van der Waals surface area contributed by atoms with Crippen molar-refractivity contribution in [1.29, 1.82) is 0 Å². The fourth-order valence-electron chi connectivity index (χ4n) is 1.71. The maximum Gasteiger partial charge on any atom is 0.134 e. The number of carbonyl (C=O) groups excluding carboxylic acids is 1. The van der Waals surface area contributed by atoms with E-state index in [4.69, 9.17) is 0 Å². The summed E-state index contributed by atoms with van der Waals surface area (Å²) >= 11 is 0. The summed E-state index contributed by atoms with van der Waals surface area (Å²) in [6.45, 7) is 4.01. The van der Waals surface area contributed by atoms with Crippen LogP contribution in [0.25, 0.3) is 0 Å². The lowest BCUT2D eigenvalue weighted by molar-refractivity contribution is -0.111. The third-order valence-corrected chi connectivity index (χ3v) is 2.63. The van der Waals surface area contributed by atoms with E-state index in [2.05, 4.69) is 12.1 Å². The van der Waals surface area contributed by atoms with Crippen molar-refractivity contribution in [3.8, 4) is 0 Å². The van der Waals surface area contributed by atoms with Crippen molar-refractivity contribution in [3.63, 3.8) is 0 Å². The molecule has 2 aliphatic rings. The second-order valence-corrected chi connectivity index (χ2v) is 3.35. The van der Waals surface area contributed by atoms with Crippen molar-refractivity contribution < 1.29 is 4.79 Å². The average Bonchev–Trinajstić information content (AvgIpc) is 2.02. The molecule has 0 saturated heterocycles. The van der Waals surface area contributed by atoms with E-state index in [-0.39, 0.29) is 5.41 Å². The van der Waals surface area contributed by atoms with Crippen LogP contribution in [0.2, 0.25) is 0 Å². The standard InChI is InChI=1S/C10H10O/c1-7-3-4-8-5-9(7)10(8,2)6-11/h3-6H,1-2H3. The highest BCUT2D eigenvalue weighted by Gasteiger charge is 2.37. The van der Waals surface area contributed by atoms with Gasteiger partial charge in [-0.1, -0.05) is 18.2 Å². The molecule has 0 spiro atoms. The van der Waals surface area contributed by atoms with Crippen LogP contribution < -0.4 is 0 Å². The average molecular weight is 146 g/mol. The quantitative estimate of drug-likeness (QED) is 0.552. The Morgan fingerprint density at radius 3 is 2.55 bits per heavy atom. The number of hydrogen-bond donors (Lipinski definition) is 0. The zero-order chi connectivity index (χ0) is 8.06. The zero-order valence-corrected chi connectivity index (χ0v) is 6.72. The highest BCUT2D eigenvalue weighted by atomic mass is 16.1. The van der Waals surface area contributed by atoms with E-state index in [9.17, 15) is 4.79 Å². The predicted octanol–water partition coefficient (Wildman–Crippen LogP) is 1.81. The van der Waals surface area contributed by atoms with Gasteiger partial charge in [-0.3, -0.25) is 0 Å². The zero-order valence-electron chi connectivity index (χ0n) is 6.72. The first kappa shape index (κ1) is 6.59. The molecule has 1 unspecified atom stereocenters. The summed E-state index contributed by atoms with van der Waals surface area (Å²) in [5, 5.41) is 0. The summed E-state index contributed by atoms with van der Waals surface area (Å²) < 4.78 is 0. The highest BCUT2D eigenvalue weighted by Crippen LogP contribution is 2.41. The van der Waals surface area contributed by atoms with Gasteiger partial charge in [0.2, 0.25) is 0 Å². The molecule has 3 rings (SSSR count). The number of rotatable bonds is 1. The van der Waals surface area contributed by atoms with Crippen LogP contribution in [0.4, 0.5) is 0 Å². The molecule has 2 bridgehead atoms. The van der Waals surface area contributed by atoms with E-state index in [1.165, 1.54) is 11.1 Å². The molecule has 1 nitrogen and oxygen atoms in total. The second kappa shape index (κ2) is 1.73. The van der Waals surface area contributed by atoms with Crippen LogP contribution in [0.1, 0.15) is 23.6 Å². The Hall–Kier alpha value is -1.11. The van der Waals surface area contributed by atoms with Crippen LogP contribution in [0.3, 0.4) is 0 Å². The Labute approximate surface area is 66.0 Å². The molecule has 0 fully saturated rings. The van der Waals surface area contributed by atoms with Crippen LogP contribution in [0.15, 0.2) is 18.2 Å². The first-order valence-electron chi connectivity index (χ1n) is 3.76. The van der Waals surface area contributed by atoms with E-state index in [0.29, 0.717) is 0 Å². The first-order chi connectivity index (χ1) is 5.18. The second-order valence-electron chi connectivity index (χ2n) is 3.35. The summed E-state index contributed by atoms with van der Waals surface area (Å²) in [5.41, 5.74) is 3.27. The van der Waals surface area contributed by atoms with Gasteiger partial charge in [0.25, 0.3) is 0 Å². The molecular formula is C10H10O. The van der Waals surface area contributed by atoms with Gasteiger partial charge in [-0.2, -0.15) is 0 Å². The Bertz CT molecular complexity index is 324. The smallest absolute Gasteiger partial charge is 0.134 e. The van der Waals surface area contributed by atoms with Gasteiger partial charge in [0.15, 0.2) is 0 Å². The van der Waals surface area contributed by atoms with E-state index in [0.717, 1.165) is 11.8 Å². The molecule has 0 amide bonds. The molecule has 11 heavy (non-hydrogen) atoms. The normalized spacial score (nSPS) is 26.0. The van der Waals surface area contributed by atoms with Gasteiger partial charge in [-0.15, -0.1) is 0 Å². The molecule has 1 aromatic carbocycles. The fraction of sp³-hybridized carbons (Fsp3) is 0.300. The third-order valence-electron chi connectivity index (χ3n) is 2.63. The molecule has 0 saturated carbocycles. The summed E-state index contributed by atoms with van der Waals surface area (Å²) in [4.78, 5) is 10.8. The van der Waals surface area contributed by atoms with Crippen LogP contribution in [0, 0.1) is 6.92 Å². The van der Waals surface area contributed by atoms with Crippen molar-refractivity contribution in [2.24, 2.45) is 0 Å². The summed E-state index contributed by atoms with van der Waals surface area (Å²) in [6, 6.07) is 6.18. The fourth-order valence-corrected chi connectivity index (χ4v) is 1.71. The number of hydrogen-bond acceptors (Lipinski definition) is 1. The molecule has 1 aromatic rings. The van der Waals surface area contributed by atoms with Crippen LogP contribution in [0.5, 0.6) is 0 Å². The van der Waals surface area contributed by atoms with Gasteiger partial charge < -0.3 is 4.79 Å². The molecule has 0 aliphatic heterocycles. The Morgan fingerprint density at radius 1 is 1.45 bits per heavy atom. The number of carbonyl (C=O) groups is 1. The number of aryl methyl sites for hydroxylation is 1. The monoisotopic (exact) mass is 146 g/mol. The Balaban J connectivity index is 2.64. The van der Waals surface area contributed by atoms with Gasteiger partial charge in [-0.05, 0) is 30.5 Å². The van der Waals surface area contributed by atoms with Crippen molar-refractivity contribution in [1.82, 2.24) is 0 Å². The molecule has 0 N–H and O–H groups in total. The molecular weight excluding hydrogens is 136 g/mol. The van der Waals surface area contributed by atoms with E-state index in [1.54, 1.807) is 0 Å². The highest BCUT2D eigenvalue weighted by molar-refractivity contribution is 5.80. The first-order valence-corrected chi connectivity index (χ1v) is 3.76. The molecule has 0 heterocycles. The summed E-state index contributed by atoms with van der Waals surface area (Å²) in [5.74, 6) is 0. The maximum atomic E-state index is 10.8. The Morgan fingerprint density at radius 2 is 2.18 bits per heavy atom. The molecule has 1 atom stereocenters. The van der Waals surface area contributed by atoms with Crippen molar-refractivity contribution in [2.75, 3.05) is 0 Å². The van der Waals surface area contributed by atoms with Crippen molar-refractivity contribution in [3.05, 3.63) is 34.9 Å². The van der Waals surface area contributed by atoms with Crippen LogP contribution >= 0.6 is 0 Å². The lowest BCUT2D eigenvalue weighted by atomic mass is 9.66. The van der Waals surface area contributed by atoms with Crippen molar-refractivity contribution >= 4 is 6.29 Å². The molecule has 0 radical (unpaired) electrons. The van der Waals surface area contributed by atoms with Crippen molar-refractivity contribution in [2.45, 2.75) is 19.3 Å². The van der Waals surface area contributed by atoms with Gasteiger partial charge in [0, 0.05) is 0 Å². The van der Waals surface area contributed by atoms with E-state index in [1.807, 2.05) is 19.9 Å². The van der Waals surface area contributed by atoms with E-state index < -0.39 is 0 Å². The Kier molecular flexibility index (Phi) is 1.04. The third kappa shape index (κ3) is 0.584. The lowest BCUT2D eigenvalue weighted by Gasteiger charge is -2.35. The molecule has 2 aliphatic carbocycles. The number of benzene rings is 1. The molecule has 56 valence electrons.